The largest absolute Gasteiger partial charge is 0.309 e. The average molecular weight is 206 g/mol. The Morgan fingerprint density at radius 3 is 2.33 bits per heavy atom. The summed E-state index contributed by atoms with van der Waals surface area (Å²) in [6.07, 6.45) is 3.73. The minimum Gasteiger partial charge on any atom is -0.309 e. The summed E-state index contributed by atoms with van der Waals surface area (Å²) in [4.78, 5) is 4.11. The van der Waals surface area contributed by atoms with Crippen molar-refractivity contribution in [2.45, 2.75) is 40.3 Å². The first kappa shape index (κ1) is 12.2. The van der Waals surface area contributed by atoms with Crippen LogP contribution in [-0.2, 0) is 6.54 Å². The summed E-state index contributed by atoms with van der Waals surface area (Å²) in [5, 5.41) is 3.59. The van der Waals surface area contributed by atoms with Crippen LogP contribution in [-0.4, -0.2) is 11.0 Å². The normalized spacial score (nSPS) is 11.7. The summed E-state index contributed by atoms with van der Waals surface area (Å²) in [6, 6.07) is 4.67. The molecule has 1 rings (SSSR count). The van der Waals surface area contributed by atoms with Gasteiger partial charge in [-0.05, 0) is 23.5 Å². The average Bonchev–Trinajstić information content (AvgIpc) is 2.18. The second kappa shape index (κ2) is 5.86. The van der Waals surface area contributed by atoms with E-state index >= 15 is 0 Å². The van der Waals surface area contributed by atoms with Crippen molar-refractivity contribution in [3.63, 3.8) is 0 Å². The molecule has 1 N–H and O–H groups in total. The van der Waals surface area contributed by atoms with Crippen molar-refractivity contribution < 1.29 is 0 Å². The van der Waals surface area contributed by atoms with Crippen LogP contribution in [0, 0.1) is 11.8 Å². The number of hydrogen-bond donors (Lipinski definition) is 1. The summed E-state index contributed by atoms with van der Waals surface area (Å²) >= 11 is 0. The number of aromatic nitrogens is 1. The van der Waals surface area contributed by atoms with Crippen molar-refractivity contribution in [2.24, 2.45) is 11.8 Å². The standard InChI is InChI=1S/C13H22N2/c1-10(2)13(11(3)4)15-9-12-6-5-7-14-8-12/h5-8,10-11,13,15H,9H2,1-4H3. The summed E-state index contributed by atoms with van der Waals surface area (Å²) in [7, 11) is 0. The molecule has 1 aromatic rings. The van der Waals surface area contributed by atoms with E-state index in [9.17, 15) is 0 Å². The van der Waals surface area contributed by atoms with E-state index in [1.54, 1.807) is 0 Å². The molecular weight excluding hydrogens is 184 g/mol. The van der Waals surface area contributed by atoms with Crippen molar-refractivity contribution in [3.8, 4) is 0 Å². The first-order chi connectivity index (χ1) is 7.11. The van der Waals surface area contributed by atoms with Crippen LogP contribution in [0.1, 0.15) is 33.3 Å². The lowest BCUT2D eigenvalue weighted by atomic mass is 9.93. The zero-order chi connectivity index (χ0) is 11.3. The number of nitrogens with zero attached hydrogens (tertiary/aromatic N) is 1. The fourth-order valence-corrected chi connectivity index (χ4v) is 1.98. The van der Waals surface area contributed by atoms with Gasteiger partial charge in [-0.3, -0.25) is 4.98 Å². The molecule has 0 amide bonds. The molecule has 15 heavy (non-hydrogen) atoms. The first-order valence-electron chi connectivity index (χ1n) is 5.73. The molecule has 0 bridgehead atoms. The maximum atomic E-state index is 4.11. The van der Waals surface area contributed by atoms with Crippen LogP contribution in [0.5, 0.6) is 0 Å². The third-order valence-corrected chi connectivity index (χ3v) is 2.70. The van der Waals surface area contributed by atoms with Gasteiger partial charge in [0.05, 0.1) is 0 Å². The summed E-state index contributed by atoms with van der Waals surface area (Å²) in [5.41, 5.74) is 1.25. The van der Waals surface area contributed by atoms with Crippen LogP contribution in [0.4, 0.5) is 0 Å². The third-order valence-electron chi connectivity index (χ3n) is 2.70. The molecule has 0 aliphatic carbocycles. The minimum absolute atomic E-state index is 0.574. The quantitative estimate of drug-likeness (QED) is 0.801. The molecule has 0 saturated carbocycles. The Hall–Kier alpha value is -0.890. The SMILES string of the molecule is CC(C)C(NCc1cccnc1)C(C)C. The van der Waals surface area contributed by atoms with Gasteiger partial charge in [0.15, 0.2) is 0 Å². The van der Waals surface area contributed by atoms with Crippen LogP contribution < -0.4 is 5.32 Å². The van der Waals surface area contributed by atoms with E-state index in [1.165, 1.54) is 5.56 Å². The summed E-state index contributed by atoms with van der Waals surface area (Å²) in [5.74, 6) is 1.34. The number of rotatable bonds is 5. The lowest BCUT2D eigenvalue weighted by molar-refractivity contribution is 0.313. The van der Waals surface area contributed by atoms with Gasteiger partial charge in [0.2, 0.25) is 0 Å². The molecule has 0 spiro atoms. The van der Waals surface area contributed by atoms with Gasteiger partial charge in [0.25, 0.3) is 0 Å². The van der Waals surface area contributed by atoms with E-state index in [0.29, 0.717) is 17.9 Å². The molecule has 0 radical (unpaired) electrons. The van der Waals surface area contributed by atoms with E-state index < -0.39 is 0 Å². The van der Waals surface area contributed by atoms with E-state index in [-0.39, 0.29) is 0 Å². The summed E-state index contributed by atoms with van der Waals surface area (Å²) < 4.78 is 0. The van der Waals surface area contributed by atoms with E-state index in [2.05, 4.69) is 44.1 Å². The topological polar surface area (TPSA) is 24.9 Å². The lowest BCUT2D eigenvalue weighted by Crippen LogP contribution is -2.37. The Balaban J connectivity index is 2.47. The van der Waals surface area contributed by atoms with Gasteiger partial charge in [0, 0.05) is 25.0 Å². The van der Waals surface area contributed by atoms with E-state index in [0.717, 1.165) is 6.54 Å². The van der Waals surface area contributed by atoms with Gasteiger partial charge in [-0.15, -0.1) is 0 Å². The molecule has 0 aromatic carbocycles. The highest BCUT2D eigenvalue weighted by Gasteiger charge is 2.16. The minimum atomic E-state index is 0.574. The molecule has 0 unspecified atom stereocenters. The molecular formula is C13H22N2. The Labute approximate surface area is 93.1 Å². The van der Waals surface area contributed by atoms with Crippen molar-refractivity contribution in [1.82, 2.24) is 10.3 Å². The maximum Gasteiger partial charge on any atom is 0.0312 e. The Bertz CT molecular complexity index is 259. The molecule has 84 valence electrons. The first-order valence-corrected chi connectivity index (χ1v) is 5.73. The van der Waals surface area contributed by atoms with Gasteiger partial charge < -0.3 is 5.32 Å². The molecule has 1 heterocycles. The smallest absolute Gasteiger partial charge is 0.0312 e. The lowest BCUT2D eigenvalue weighted by Gasteiger charge is -2.26. The molecule has 0 atom stereocenters. The van der Waals surface area contributed by atoms with Crippen LogP contribution in [0.25, 0.3) is 0 Å². The zero-order valence-corrected chi connectivity index (χ0v) is 10.2. The van der Waals surface area contributed by atoms with Gasteiger partial charge in [-0.25, -0.2) is 0 Å². The van der Waals surface area contributed by atoms with Crippen LogP contribution in [0.15, 0.2) is 24.5 Å². The molecule has 0 aliphatic rings. The van der Waals surface area contributed by atoms with Crippen molar-refractivity contribution in [3.05, 3.63) is 30.1 Å². The van der Waals surface area contributed by atoms with Crippen LogP contribution in [0.2, 0.25) is 0 Å². The molecule has 2 nitrogen and oxygen atoms in total. The number of pyridine rings is 1. The predicted octanol–water partition coefficient (Wildman–Crippen LogP) is 2.85. The Kier molecular flexibility index (Phi) is 4.76. The van der Waals surface area contributed by atoms with Crippen molar-refractivity contribution in [2.75, 3.05) is 0 Å². The van der Waals surface area contributed by atoms with Crippen molar-refractivity contribution in [1.29, 1.82) is 0 Å². The fourth-order valence-electron chi connectivity index (χ4n) is 1.98. The predicted molar refractivity (Wildman–Crippen MR) is 64.5 cm³/mol. The Morgan fingerprint density at radius 1 is 1.20 bits per heavy atom. The molecule has 1 aromatic heterocycles. The number of hydrogen-bond acceptors (Lipinski definition) is 2. The highest BCUT2D eigenvalue weighted by molar-refractivity contribution is 5.08. The highest BCUT2D eigenvalue weighted by Crippen LogP contribution is 2.12. The van der Waals surface area contributed by atoms with Gasteiger partial charge in [-0.2, -0.15) is 0 Å². The molecule has 0 fully saturated rings. The third kappa shape index (κ3) is 4.00. The Morgan fingerprint density at radius 2 is 1.87 bits per heavy atom. The monoisotopic (exact) mass is 206 g/mol. The van der Waals surface area contributed by atoms with Gasteiger partial charge >= 0.3 is 0 Å². The second-order valence-electron chi connectivity index (χ2n) is 4.76. The van der Waals surface area contributed by atoms with Crippen molar-refractivity contribution >= 4 is 0 Å². The van der Waals surface area contributed by atoms with Gasteiger partial charge in [-0.1, -0.05) is 33.8 Å². The molecule has 0 saturated heterocycles. The van der Waals surface area contributed by atoms with E-state index in [1.807, 2.05) is 18.5 Å². The van der Waals surface area contributed by atoms with Gasteiger partial charge in [0.1, 0.15) is 0 Å². The van der Waals surface area contributed by atoms with Crippen LogP contribution in [0.3, 0.4) is 0 Å². The maximum absolute atomic E-state index is 4.11. The molecule has 0 aliphatic heterocycles. The summed E-state index contributed by atoms with van der Waals surface area (Å²) in [6.45, 7) is 9.97. The fraction of sp³-hybridized carbons (Fsp3) is 0.615. The highest BCUT2D eigenvalue weighted by atomic mass is 14.9. The number of nitrogens with one attached hydrogen (secondary N) is 1. The van der Waals surface area contributed by atoms with Crippen LogP contribution >= 0.6 is 0 Å². The van der Waals surface area contributed by atoms with E-state index in [4.69, 9.17) is 0 Å². The zero-order valence-electron chi connectivity index (χ0n) is 10.2. The molecule has 2 heteroatoms. The second-order valence-corrected chi connectivity index (χ2v) is 4.76.